The van der Waals surface area contributed by atoms with Crippen molar-refractivity contribution in [1.29, 1.82) is 0 Å². The molecule has 7 nitrogen and oxygen atoms in total. The van der Waals surface area contributed by atoms with Crippen molar-refractivity contribution in [2.45, 2.75) is 72.5 Å². The Morgan fingerprint density at radius 3 is 1.67 bits per heavy atom. The molecule has 0 N–H and O–H groups in total. The lowest BCUT2D eigenvalue weighted by Gasteiger charge is -2.38. The van der Waals surface area contributed by atoms with Gasteiger partial charge in [0.05, 0.1) is 0 Å². The van der Waals surface area contributed by atoms with Gasteiger partial charge in [0, 0.05) is 11.1 Å². The number of hydrogen-bond donors (Lipinski definition) is 0. The minimum absolute atomic E-state index is 0.252. The number of carbonyl (C=O) groups excluding carboxylic acids is 2. The van der Waals surface area contributed by atoms with E-state index in [4.69, 9.17) is 21.8 Å². The molecule has 0 aromatic carbocycles. The molecule has 0 aromatic rings. The Hall–Kier alpha value is -0.832. The highest BCUT2D eigenvalue weighted by atomic mass is 28.5. The van der Waals surface area contributed by atoms with E-state index in [2.05, 4.69) is 20.1 Å². The largest absolute Gasteiger partial charge is 0.463 e. The van der Waals surface area contributed by atoms with Crippen LogP contribution in [0.25, 0.3) is 0 Å². The monoisotopic (exact) mass is 492 g/mol. The van der Waals surface area contributed by atoms with Crippen LogP contribution in [-0.4, -0.2) is 58.9 Å². The lowest BCUT2D eigenvalue weighted by molar-refractivity contribution is -0.138. The first kappa shape index (κ1) is 29.2. The predicted molar refractivity (Wildman–Crippen MR) is 129 cm³/mol. The van der Waals surface area contributed by atoms with Gasteiger partial charge >= 0.3 is 20.5 Å². The van der Waals surface area contributed by atoms with Gasteiger partial charge in [-0.15, -0.1) is 0 Å². The van der Waals surface area contributed by atoms with Crippen molar-refractivity contribution in [3.8, 4) is 0 Å². The summed E-state index contributed by atoms with van der Waals surface area (Å²) in [5.41, 5.74) is 0.746. The van der Waals surface area contributed by atoms with Crippen LogP contribution in [0.4, 0.5) is 0 Å². The van der Waals surface area contributed by atoms with E-state index in [0.29, 0.717) is 11.1 Å². The van der Waals surface area contributed by atoms with E-state index in [1.807, 2.05) is 39.3 Å². The fourth-order valence-electron chi connectivity index (χ4n) is 2.79. The molecule has 0 saturated heterocycles. The standard InChI is InChI=1S/C19H40O7Si4/c1-12-13-30(11,26-29(9,10)15-23-19(21)17(4)5)25-27(6)24-28(7,8)14-22-18(20)16(2)3/h27H,2,4,12-15H2,1,3,5-11H3. The lowest BCUT2D eigenvalue weighted by Crippen LogP contribution is -2.55. The Morgan fingerprint density at radius 1 is 0.833 bits per heavy atom. The van der Waals surface area contributed by atoms with Crippen LogP contribution in [0.2, 0.25) is 45.3 Å². The zero-order valence-electron chi connectivity index (χ0n) is 20.2. The van der Waals surface area contributed by atoms with E-state index in [1.54, 1.807) is 13.8 Å². The highest BCUT2D eigenvalue weighted by molar-refractivity contribution is 6.86. The van der Waals surface area contributed by atoms with Gasteiger partial charge < -0.3 is 21.8 Å². The molecule has 174 valence electrons. The molecule has 0 aliphatic rings. The van der Waals surface area contributed by atoms with Gasteiger partial charge in [-0.05, 0) is 59.2 Å². The second-order valence-corrected chi connectivity index (χ2v) is 23.2. The van der Waals surface area contributed by atoms with Crippen molar-refractivity contribution >= 4 is 46.4 Å². The minimum Gasteiger partial charge on any atom is -0.463 e. The maximum atomic E-state index is 11.7. The van der Waals surface area contributed by atoms with Gasteiger partial charge in [0.25, 0.3) is 9.28 Å². The molecule has 0 fully saturated rings. The Kier molecular flexibility index (Phi) is 11.9. The quantitative estimate of drug-likeness (QED) is 0.205. The van der Waals surface area contributed by atoms with Crippen LogP contribution in [-0.2, 0) is 31.4 Å². The second kappa shape index (κ2) is 12.3. The molecule has 0 radical (unpaired) electrons. The summed E-state index contributed by atoms with van der Waals surface area (Å²) >= 11 is 0. The summed E-state index contributed by atoms with van der Waals surface area (Å²) in [5.74, 6) is -0.804. The molecule has 0 spiro atoms. The van der Waals surface area contributed by atoms with Crippen molar-refractivity contribution in [2.24, 2.45) is 0 Å². The summed E-state index contributed by atoms with van der Waals surface area (Å²) in [6.45, 7) is 24.6. The number of rotatable bonds is 14. The molecular weight excluding hydrogens is 453 g/mol. The van der Waals surface area contributed by atoms with Crippen LogP contribution in [0, 0.1) is 0 Å². The maximum Gasteiger partial charge on any atom is 0.332 e. The zero-order valence-corrected chi connectivity index (χ0v) is 24.3. The Balaban J connectivity index is 5.00. The average Bonchev–Trinajstić information content (AvgIpc) is 2.55. The third-order valence-corrected chi connectivity index (χ3v) is 18.1. The third kappa shape index (κ3) is 12.1. The molecule has 0 saturated carbocycles. The first-order valence-corrected chi connectivity index (χ1v) is 21.1. The molecule has 0 heterocycles. The number of carbonyl (C=O) groups is 2. The van der Waals surface area contributed by atoms with Crippen molar-refractivity contribution in [2.75, 3.05) is 12.5 Å². The molecule has 2 atom stereocenters. The van der Waals surface area contributed by atoms with E-state index in [1.165, 1.54) is 0 Å². The Labute approximate surface area is 187 Å². The SMILES string of the molecule is C=C(C)C(=O)OC[Si](C)(C)O[SiH](C)O[Si](C)(CCC)O[Si](C)(C)COC(=O)C(=C)C. The smallest absolute Gasteiger partial charge is 0.332 e. The topological polar surface area (TPSA) is 80.3 Å². The predicted octanol–water partition coefficient (Wildman–Crippen LogP) is 4.10. The van der Waals surface area contributed by atoms with Crippen LogP contribution in [0.5, 0.6) is 0 Å². The molecule has 0 amide bonds. The molecular formula is C19H40O7Si4. The van der Waals surface area contributed by atoms with Crippen molar-refractivity contribution in [1.82, 2.24) is 0 Å². The molecule has 0 aliphatic carbocycles. The molecule has 0 aromatic heterocycles. The molecule has 0 rings (SSSR count). The van der Waals surface area contributed by atoms with Crippen LogP contribution < -0.4 is 0 Å². The average molecular weight is 493 g/mol. The van der Waals surface area contributed by atoms with Gasteiger partial charge in [-0.1, -0.05) is 26.5 Å². The first-order chi connectivity index (χ1) is 13.5. The highest BCUT2D eigenvalue weighted by Crippen LogP contribution is 2.24. The van der Waals surface area contributed by atoms with Gasteiger partial charge in [-0.25, -0.2) is 9.59 Å². The number of esters is 2. The van der Waals surface area contributed by atoms with Crippen LogP contribution in [0.3, 0.4) is 0 Å². The van der Waals surface area contributed by atoms with Crippen LogP contribution in [0.1, 0.15) is 27.2 Å². The van der Waals surface area contributed by atoms with E-state index >= 15 is 0 Å². The number of hydrogen-bond acceptors (Lipinski definition) is 7. The summed E-state index contributed by atoms with van der Waals surface area (Å²) in [7, 11) is -9.10. The molecule has 30 heavy (non-hydrogen) atoms. The molecule has 0 bridgehead atoms. The summed E-state index contributed by atoms with van der Waals surface area (Å²) in [6.07, 6.45) is 1.43. The lowest BCUT2D eigenvalue weighted by atomic mass is 10.4. The van der Waals surface area contributed by atoms with Crippen molar-refractivity contribution in [3.63, 3.8) is 0 Å². The van der Waals surface area contributed by atoms with Gasteiger partial charge in [-0.2, -0.15) is 0 Å². The van der Waals surface area contributed by atoms with Gasteiger partial charge in [0.2, 0.25) is 16.6 Å². The molecule has 0 aliphatic heterocycles. The van der Waals surface area contributed by atoms with Crippen LogP contribution in [0.15, 0.2) is 24.3 Å². The van der Waals surface area contributed by atoms with Crippen molar-refractivity contribution < 1.29 is 31.4 Å². The maximum absolute atomic E-state index is 11.7. The van der Waals surface area contributed by atoms with Gasteiger partial charge in [0.15, 0.2) is 0 Å². The number of ether oxygens (including phenoxy) is 2. The fourth-order valence-corrected chi connectivity index (χ4v) is 18.4. The summed E-state index contributed by atoms with van der Waals surface area (Å²) in [5, 5.41) is 0. The Bertz CT molecular complexity index is 636. The first-order valence-electron chi connectivity index (χ1n) is 10.2. The fraction of sp³-hybridized carbons (Fsp3) is 0.684. The molecule has 2 unspecified atom stereocenters. The summed E-state index contributed by atoms with van der Waals surface area (Å²) in [6, 6.07) is 0.825. The summed E-state index contributed by atoms with van der Waals surface area (Å²) < 4.78 is 29.9. The summed E-state index contributed by atoms with van der Waals surface area (Å²) in [4.78, 5) is 23.4. The van der Waals surface area contributed by atoms with E-state index < -0.39 is 46.4 Å². The highest BCUT2D eigenvalue weighted by Gasteiger charge is 2.41. The van der Waals surface area contributed by atoms with Gasteiger partial charge in [-0.3, -0.25) is 0 Å². The normalized spacial score (nSPS) is 15.1. The van der Waals surface area contributed by atoms with E-state index in [9.17, 15) is 9.59 Å². The molecule has 11 heteroatoms. The second-order valence-electron chi connectivity index (χ2n) is 9.02. The van der Waals surface area contributed by atoms with Gasteiger partial charge in [0.1, 0.15) is 12.5 Å². The minimum atomic E-state index is -2.52. The zero-order chi connectivity index (χ0) is 23.8. The van der Waals surface area contributed by atoms with E-state index in [0.717, 1.165) is 12.5 Å². The van der Waals surface area contributed by atoms with Crippen LogP contribution >= 0.6 is 0 Å². The van der Waals surface area contributed by atoms with Crippen molar-refractivity contribution in [3.05, 3.63) is 24.3 Å². The third-order valence-electron chi connectivity index (χ3n) is 3.90. The van der Waals surface area contributed by atoms with E-state index in [-0.39, 0.29) is 12.5 Å². The Morgan fingerprint density at radius 2 is 1.27 bits per heavy atom.